The molecule has 0 aromatic heterocycles. The summed E-state index contributed by atoms with van der Waals surface area (Å²) in [6, 6.07) is 7.27. The van der Waals surface area contributed by atoms with Crippen LogP contribution in [0.4, 0.5) is 22.7 Å². The van der Waals surface area contributed by atoms with E-state index < -0.39 is 38.4 Å². The molecule has 0 amide bonds. The maximum atomic E-state index is 11.2. The van der Waals surface area contributed by atoms with E-state index in [0.717, 1.165) is 0 Å². The van der Waals surface area contributed by atoms with Gasteiger partial charge in [0, 0.05) is 22.3 Å². The summed E-state index contributed by atoms with van der Waals surface area (Å²) in [7, 11) is 0. The van der Waals surface area contributed by atoms with Gasteiger partial charge in [0.2, 0.25) is 0 Å². The van der Waals surface area contributed by atoms with Gasteiger partial charge in [-0.2, -0.15) is 0 Å². The molecular formula is C13H7ClN3O6-. The zero-order chi connectivity index (χ0) is 17.1. The highest BCUT2D eigenvalue weighted by molar-refractivity contribution is 6.30. The topological polar surface area (TPSA) is 138 Å². The third-order valence-corrected chi connectivity index (χ3v) is 3.10. The number of carboxylic acid groups (broad SMARTS) is 1. The lowest BCUT2D eigenvalue weighted by atomic mass is 10.1. The molecule has 10 heteroatoms. The Hall–Kier alpha value is -3.20. The second-order valence-corrected chi connectivity index (χ2v) is 4.76. The van der Waals surface area contributed by atoms with Crippen LogP contribution in [0.5, 0.6) is 0 Å². The number of nitro benzene ring substituents is 2. The summed E-state index contributed by atoms with van der Waals surface area (Å²) in [5, 5.41) is 36.1. The summed E-state index contributed by atoms with van der Waals surface area (Å²) in [6.45, 7) is 0. The molecule has 2 rings (SSSR count). The summed E-state index contributed by atoms with van der Waals surface area (Å²) in [4.78, 5) is 31.3. The molecule has 23 heavy (non-hydrogen) atoms. The van der Waals surface area contributed by atoms with Crippen LogP contribution in [0.25, 0.3) is 0 Å². The summed E-state index contributed by atoms with van der Waals surface area (Å²) < 4.78 is 0. The molecule has 0 aliphatic carbocycles. The van der Waals surface area contributed by atoms with Gasteiger partial charge in [-0.1, -0.05) is 11.6 Å². The van der Waals surface area contributed by atoms with Crippen molar-refractivity contribution < 1.29 is 19.7 Å². The van der Waals surface area contributed by atoms with Crippen molar-refractivity contribution in [1.82, 2.24) is 0 Å². The maximum Gasteiger partial charge on any atom is 0.300 e. The van der Waals surface area contributed by atoms with Crippen molar-refractivity contribution in [3.05, 3.63) is 67.2 Å². The third-order valence-electron chi connectivity index (χ3n) is 2.84. The smallest absolute Gasteiger partial charge is 0.300 e. The highest BCUT2D eigenvalue weighted by Gasteiger charge is 2.24. The molecule has 1 N–H and O–H groups in total. The minimum Gasteiger partial charge on any atom is -0.545 e. The molecule has 0 saturated carbocycles. The highest BCUT2D eigenvalue weighted by atomic mass is 35.5. The first-order valence-electron chi connectivity index (χ1n) is 6.00. The Kier molecular flexibility index (Phi) is 4.42. The van der Waals surface area contributed by atoms with Crippen molar-refractivity contribution in [1.29, 1.82) is 0 Å². The van der Waals surface area contributed by atoms with E-state index in [4.69, 9.17) is 11.6 Å². The van der Waals surface area contributed by atoms with E-state index in [9.17, 15) is 30.1 Å². The summed E-state index contributed by atoms with van der Waals surface area (Å²) in [5.41, 5.74) is -2.27. The maximum absolute atomic E-state index is 11.2. The number of halogens is 1. The van der Waals surface area contributed by atoms with Crippen LogP contribution >= 0.6 is 11.6 Å². The predicted octanol–water partition coefficient (Wildman–Crippen LogP) is 2.26. The Morgan fingerprint density at radius 2 is 1.65 bits per heavy atom. The van der Waals surface area contributed by atoms with Crippen LogP contribution in [0.1, 0.15) is 10.4 Å². The fraction of sp³-hybridized carbons (Fsp3) is 0. The van der Waals surface area contributed by atoms with Crippen LogP contribution in [0, 0.1) is 20.2 Å². The minimum atomic E-state index is -1.78. The second-order valence-electron chi connectivity index (χ2n) is 4.32. The van der Waals surface area contributed by atoms with E-state index in [1.165, 1.54) is 24.3 Å². The van der Waals surface area contributed by atoms with Crippen molar-refractivity contribution in [2.24, 2.45) is 0 Å². The molecule has 9 nitrogen and oxygen atoms in total. The predicted molar refractivity (Wildman–Crippen MR) is 78.8 cm³/mol. The van der Waals surface area contributed by atoms with Crippen LogP contribution < -0.4 is 10.4 Å². The van der Waals surface area contributed by atoms with Gasteiger partial charge >= 0.3 is 0 Å². The number of carboxylic acids is 1. The molecule has 0 bridgehead atoms. The van der Waals surface area contributed by atoms with E-state index >= 15 is 0 Å². The summed E-state index contributed by atoms with van der Waals surface area (Å²) >= 11 is 5.72. The normalized spacial score (nSPS) is 10.1. The van der Waals surface area contributed by atoms with Gasteiger partial charge in [-0.25, -0.2) is 0 Å². The van der Waals surface area contributed by atoms with E-state index in [2.05, 4.69) is 5.32 Å². The van der Waals surface area contributed by atoms with Gasteiger partial charge in [0.05, 0.1) is 21.9 Å². The Morgan fingerprint density at radius 3 is 2.13 bits per heavy atom. The number of nitrogens with zero attached hydrogens (tertiary/aromatic N) is 2. The number of benzene rings is 2. The van der Waals surface area contributed by atoms with Crippen molar-refractivity contribution in [2.75, 3.05) is 5.32 Å². The van der Waals surface area contributed by atoms with Gasteiger partial charge in [-0.3, -0.25) is 20.2 Å². The van der Waals surface area contributed by atoms with Crippen molar-refractivity contribution >= 4 is 40.3 Å². The fourth-order valence-electron chi connectivity index (χ4n) is 1.83. The van der Waals surface area contributed by atoms with E-state index in [0.29, 0.717) is 22.8 Å². The average Bonchev–Trinajstić information content (AvgIpc) is 2.48. The number of anilines is 2. The number of rotatable bonds is 5. The molecule has 0 heterocycles. The first kappa shape index (κ1) is 16.2. The van der Waals surface area contributed by atoms with Gasteiger partial charge in [-0.15, -0.1) is 0 Å². The lowest BCUT2D eigenvalue weighted by molar-refractivity contribution is -0.393. The van der Waals surface area contributed by atoms with Crippen molar-refractivity contribution in [2.45, 2.75) is 0 Å². The zero-order valence-corrected chi connectivity index (χ0v) is 11.9. The Bertz CT molecular complexity index is 771. The molecule has 0 aliphatic rings. The van der Waals surface area contributed by atoms with Crippen LogP contribution in [-0.4, -0.2) is 15.8 Å². The van der Waals surface area contributed by atoms with Gasteiger partial charge in [-0.05, 0) is 24.3 Å². The van der Waals surface area contributed by atoms with Crippen LogP contribution in [-0.2, 0) is 0 Å². The number of hydrogen-bond acceptors (Lipinski definition) is 7. The van der Waals surface area contributed by atoms with Gasteiger partial charge in [0.15, 0.2) is 0 Å². The molecule has 0 unspecified atom stereocenters. The molecule has 0 radical (unpaired) electrons. The molecule has 118 valence electrons. The number of carbonyl (C=O) groups is 1. The largest absolute Gasteiger partial charge is 0.545 e. The van der Waals surface area contributed by atoms with Gasteiger partial charge in [0.1, 0.15) is 5.69 Å². The van der Waals surface area contributed by atoms with Gasteiger partial charge in [0.25, 0.3) is 11.4 Å². The summed E-state index contributed by atoms with van der Waals surface area (Å²) in [5.74, 6) is -1.78. The minimum absolute atomic E-state index is 0.314. The number of carbonyl (C=O) groups excluding carboxylic acids is 1. The molecule has 0 fully saturated rings. The molecule has 0 saturated heterocycles. The molecule has 2 aromatic rings. The van der Waals surface area contributed by atoms with Crippen LogP contribution in [0.3, 0.4) is 0 Å². The molecule has 2 aromatic carbocycles. The van der Waals surface area contributed by atoms with Crippen LogP contribution in [0.2, 0.25) is 5.02 Å². The fourth-order valence-corrected chi connectivity index (χ4v) is 1.96. The lowest BCUT2D eigenvalue weighted by Gasteiger charge is -2.13. The molecule has 0 atom stereocenters. The van der Waals surface area contributed by atoms with E-state index in [1.807, 2.05) is 0 Å². The number of hydrogen-bond donors (Lipinski definition) is 1. The number of nitrogens with one attached hydrogen (secondary N) is 1. The van der Waals surface area contributed by atoms with Gasteiger partial charge < -0.3 is 15.2 Å². The Balaban J connectivity index is 2.63. The number of aromatic carboxylic acids is 1. The first-order chi connectivity index (χ1) is 10.8. The third kappa shape index (κ3) is 3.52. The Labute approximate surface area is 133 Å². The highest BCUT2D eigenvalue weighted by Crippen LogP contribution is 2.35. The summed E-state index contributed by atoms with van der Waals surface area (Å²) in [6.07, 6.45) is 0. The molecule has 0 spiro atoms. The standard InChI is InChI=1S/C13H8ClN3O6/c14-7-1-3-8(4-2-7)15-12-10(13(18)19)5-9(16(20)21)6-11(12)17(22)23/h1-6,15H,(H,18,19)/p-1. The van der Waals surface area contributed by atoms with E-state index in [-0.39, 0.29) is 0 Å². The molecule has 0 aliphatic heterocycles. The number of nitro groups is 2. The Morgan fingerprint density at radius 1 is 1.04 bits per heavy atom. The van der Waals surface area contributed by atoms with Crippen LogP contribution in [0.15, 0.2) is 36.4 Å². The van der Waals surface area contributed by atoms with Crippen molar-refractivity contribution in [3.8, 4) is 0 Å². The zero-order valence-electron chi connectivity index (χ0n) is 11.2. The second kappa shape index (κ2) is 6.28. The average molecular weight is 337 g/mol. The quantitative estimate of drug-likeness (QED) is 0.652. The SMILES string of the molecule is O=C([O-])c1cc([N+](=O)[O-])cc([N+](=O)[O-])c1Nc1ccc(Cl)cc1. The molecular weight excluding hydrogens is 330 g/mol. The first-order valence-corrected chi connectivity index (χ1v) is 6.38. The number of non-ortho nitro benzene ring substituents is 1. The monoisotopic (exact) mass is 336 g/mol. The van der Waals surface area contributed by atoms with E-state index in [1.54, 1.807) is 0 Å². The van der Waals surface area contributed by atoms with Crippen molar-refractivity contribution in [3.63, 3.8) is 0 Å². The lowest BCUT2D eigenvalue weighted by Crippen LogP contribution is -2.24.